The van der Waals surface area contributed by atoms with Crippen molar-refractivity contribution < 1.29 is 13.5 Å². The molecule has 1 aromatic rings. The maximum Gasteiger partial charge on any atom is 0.200 e. The van der Waals surface area contributed by atoms with Crippen molar-refractivity contribution in [2.75, 3.05) is 6.61 Å². The van der Waals surface area contributed by atoms with Crippen molar-refractivity contribution in [1.29, 1.82) is 0 Å². The number of halogens is 2. The number of fused-ring (bicyclic) bond motifs is 1. The van der Waals surface area contributed by atoms with Crippen molar-refractivity contribution in [1.82, 2.24) is 0 Å². The van der Waals surface area contributed by atoms with Crippen LogP contribution < -0.4 is 4.74 Å². The second-order valence-electron chi connectivity index (χ2n) is 8.50. The van der Waals surface area contributed by atoms with Gasteiger partial charge in [-0.25, -0.2) is 4.39 Å². The fourth-order valence-electron chi connectivity index (χ4n) is 5.72. The monoisotopic (exact) mass is 348 g/mol. The Morgan fingerprint density at radius 3 is 1.96 bits per heavy atom. The van der Waals surface area contributed by atoms with Crippen LogP contribution in [0.15, 0.2) is 12.1 Å². The SMILES string of the molecule is CCOc1ccc(C2CCC(C3CCC4CCC4C3)CC2)c(F)c1F. The van der Waals surface area contributed by atoms with Crippen LogP contribution in [0.25, 0.3) is 0 Å². The first-order chi connectivity index (χ1) is 12.2. The molecule has 138 valence electrons. The van der Waals surface area contributed by atoms with Gasteiger partial charge in [-0.05, 0) is 106 Å². The van der Waals surface area contributed by atoms with Gasteiger partial charge < -0.3 is 4.74 Å². The molecule has 4 rings (SSSR count). The van der Waals surface area contributed by atoms with Gasteiger partial charge in [0.25, 0.3) is 0 Å². The third-order valence-electron chi connectivity index (χ3n) is 7.34. The second kappa shape index (κ2) is 7.25. The Kier molecular flexibility index (Phi) is 5.01. The molecular formula is C22H30F2O. The summed E-state index contributed by atoms with van der Waals surface area (Å²) in [6, 6.07) is 3.34. The van der Waals surface area contributed by atoms with Crippen molar-refractivity contribution in [3.05, 3.63) is 29.3 Å². The van der Waals surface area contributed by atoms with E-state index < -0.39 is 11.6 Å². The largest absolute Gasteiger partial charge is 0.491 e. The van der Waals surface area contributed by atoms with E-state index in [0.717, 1.165) is 36.5 Å². The summed E-state index contributed by atoms with van der Waals surface area (Å²) < 4.78 is 33.8. The normalized spacial score (nSPS) is 34.9. The lowest BCUT2D eigenvalue weighted by atomic mass is 9.59. The zero-order valence-corrected chi connectivity index (χ0v) is 15.3. The molecule has 3 aliphatic rings. The van der Waals surface area contributed by atoms with Crippen molar-refractivity contribution >= 4 is 0 Å². The summed E-state index contributed by atoms with van der Waals surface area (Å²) in [5.74, 6) is 2.45. The first kappa shape index (κ1) is 17.3. The Balaban J connectivity index is 1.38. The lowest BCUT2D eigenvalue weighted by molar-refractivity contribution is 0.0457. The molecule has 0 heterocycles. The van der Waals surface area contributed by atoms with E-state index in [0.29, 0.717) is 12.2 Å². The molecule has 0 aliphatic heterocycles. The molecular weight excluding hydrogens is 318 g/mol. The van der Waals surface area contributed by atoms with Gasteiger partial charge in [0.1, 0.15) is 0 Å². The van der Waals surface area contributed by atoms with E-state index in [-0.39, 0.29) is 11.7 Å². The van der Waals surface area contributed by atoms with E-state index in [4.69, 9.17) is 4.74 Å². The molecule has 3 aliphatic carbocycles. The summed E-state index contributed by atoms with van der Waals surface area (Å²) in [6.45, 7) is 2.13. The molecule has 3 fully saturated rings. The van der Waals surface area contributed by atoms with E-state index in [1.165, 1.54) is 44.9 Å². The fourth-order valence-corrected chi connectivity index (χ4v) is 5.72. The van der Waals surface area contributed by atoms with Crippen LogP contribution in [0, 0.1) is 35.3 Å². The number of benzene rings is 1. The maximum atomic E-state index is 14.5. The highest BCUT2D eigenvalue weighted by Gasteiger charge is 2.40. The van der Waals surface area contributed by atoms with E-state index in [9.17, 15) is 8.78 Å². The molecule has 3 atom stereocenters. The predicted octanol–water partition coefficient (Wildman–Crippen LogP) is 6.46. The van der Waals surface area contributed by atoms with Gasteiger partial charge in [0.2, 0.25) is 5.82 Å². The standard InChI is InChI=1S/C22H30F2O/c1-2-25-20-12-11-19(21(23)22(20)24)16-7-3-14(4-8-16)17-9-5-15-6-10-18(15)13-17/h11-12,14-18H,2-10,13H2,1H3. The lowest BCUT2D eigenvalue weighted by Crippen LogP contribution is -2.36. The van der Waals surface area contributed by atoms with Crippen LogP contribution >= 0.6 is 0 Å². The van der Waals surface area contributed by atoms with Gasteiger partial charge in [0.05, 0.1) is 6.61 Å². The van der Waals surface area contributed by atoms with E-state index in [1.54, 1.807) is 19.1 Å². The third kappa shape index (κ3) is 3.31. The summed E-state index contributed by atoms with van der Waals surface area (Å²) in [7, 11) is 0. The highest BCUT2D eigenvalue weighted by molar-refractivity contribution is 5.33. The first-order valence-electron chi connectivity index (χ1n) is 10.3. The van der Waals surface area contributed by atoms with Gasteiger partial charge in [-0.3, -0.25) is 0 Å². The lowest BCUT2D eigenvalue weighted by Gasteiger charge is -2.47. The third-order valence-corrected chi connectivity index (χ3v) is 7.34. The average Bonchev–Trinajstić information content (AvgIpc) is 2.61. The number of rotatable bonds is 4. The first-order valence-corrected chi connectivity index (χ1v) is 10.3. The fraction of sp³-hybridized carbons (Fsp3) is 0.727. The van der Waals surface area contributed by atoms with Crippen LogP contribution in [0.1, 0.15) is 76.2 Å². The summed E-state index contributed by atoms with van der Waals surface area (Å²) in [4.78, 5) is 0. The molecule has 1 aromatic carbocycles. The van der Waals surface area contributed by atoms with E-state index >= 15 is 0 Å². The minimum atomic E-state index is -0.815. The Hall–Kier alpha value is -1.12. The van der Waals surface area contributed by atoms with Crippen LogP contribution in [0.4, 0.5) is 8.78 Å². The molecule has 1 nitrogen and oxygen atoms in total. The molecule has 0 bridgehead atoms. The molecule has 0 amide bonds. The molecule has 3 saturated carbocycles. The summed E-state index contributed by atoms with van der Waals surface area (Å²) in [6.07, 6.45) is 11.6. The number of ether oxygens (including phenoxy) is 1. The number of hydrogen-bond acceptors (Lipinski definition) is 1. The predicted molar refractivity (Wildman–Crippen MR) is 95.8 cm³/mol. The van der Waals surface area contributed by atoms with Crippen molar-refractivity contribution in [3.63, 3.8) is 0 Å². The zero-order chi connectivity index (χ0) is 17.4. The molecule has 3 heteroatoms. The molecule has 0 aromatic heterocycles. The molecule has 25 heavy (non-hydrogen) atoms. The average molecular weight is 348 g/mol. The van der Waals surface area contributed by atoms with Crippen molar-refractivity contribution in [3.8, 4) is 5.75 Å². The molecule has 0 N–H and O–H groups in total. The molecule has 0 saturated heterocycles. The van der Waals surface area contributed by atoms with Gasteiger partial charge in [-0.1, -0.05) is 6.07 Å². The van der Waals surface area contributed by atoms with Gasteiger partial charge in [0.15, 0.2) is 11.6 Å². The van der Waals surface area contributed by atoms with Crippen LogP contribution in [-0.4, -0.2) is 6.61 Å². The minimum absolute atomic E-state index is 0.0368. The second-order valence-corrected chi connectivity index (χ2v) is 8.50. The van der Waals surface area contributed by atoms with Crippen LogP contribution in [-0.2, 0) is 0 Å². The van der Waals surface area contributed by atoms with E-state index in [1.807, 2.05) is 0 Å². The highest BCUT2D eigenvalue weighted by atomic mass is 19.2. The Morgan fingerprint density at radius 1 is 0.800 bits per heavy atom. The highest BCUT2D eigenvalue weighted by Crippen LogP contribution is 2.51. The number of hydrogen-bond donors (Lipinski definition) is 0. The summed E-state index contributed by atoms with van der Waals surface area (Å²) in [5, 5.41) is 0. The van der Waals surface area contributed by atoms with Crippen molar-refractivity contribution in [2.24, 2.45) is 23.7 Å². The Bertz CT molecular complexity index is 606. The van der Waals surface area contributed by atoms with Gasteiger partial charge in [-0.15, -0.1) is 0 Å². The molecule has 3 unspecified atom stereocenters. The Morgan fingerprint density at radius 2 is 1.36 bits per heavy atom. The van der Waals surface area contributed by atoms with Crippen molar-refractivity contribution in [2.45, 2.75) is 70.6 Å². The Labute approximate surface area is 150 Å². The quantitative estimate of drug-likeness (QED) is 0.606. The van der Waals surface area contributed by atoms with Crippen LogP contribution in [0.2, 0.25) is 0 Å². The molecule has 0 spiro atoms. The minimum Gasteiger partial charge on any atom is -0.491 e. The van der Waals surface area contributed by atoms with Gasteiger partial charge in [0, 0.05) is 0 Å². The summed E-state index contributed by atoms with van der Waals surface area (Å²) in [5.41, 5.74) is 0.558. The van der Waals surface area contributed by atoms with Gasteiger partial charge >= 0.3 is 0 Å². The zero-order valence-electron chi connectivity index (χ0n) is 15.3. The smallest absolute Gasteiger partial charge is 0.200 e. The van der Waals surface area contributed by atoms with Crippen LogP contribution in [0.3, 0.4) is 0 Å². The van der Waals surface area contributed by atoms with Gasteiger partial charge in [-0.2, -0.15) is 4.39 Å². The van der Waals surface area contributed by atoms with Crippen LogP contribution in [0.5, 0.6) is 5.75 Å². The maximum absolute atomic E-state index is 14.5. The molecule has 0 radical (unpaired) electrons. The van der Waals surface area contributed by atoms with E-state index in [2.05, 4.69) is 0 Å². The topological polar surface area (TPSA) is 9.23 Å². The summed E-state index contributed by atoms with van der Waals surface area (Å²) >= 11 is 0.